The second kappa shape index (κ2) is 6.80. The van der Waals surface area contributed by atoms with Gasteiger partial charge >= 0.3 is 11.9 Å². The molecule has 18 heavy (non-hydrogen) atoms. The number of aliphatic imine (C=N–C) groups is 1. The van der Waals surface area contributed by atoms with E-state index >= 15 is 0 Å². The fourth-order valence-corrected chi connectivity index (χ4v) is 1.44. The van der Waals surface area contributed by atoms with E-state index in [1.165, 1.54) is 13.1 Å². The Kier molecular flexibility index (Phi) is 5.38. The molecular formula is C12H13NO4S. The van der Waals surface area contributed by atoms with Crippen LogP contribution in [0.1, 0.15) is 12.5 Å². The molecule has 1 rings (SSSR count). The SMILES string of the molecule is CC(=O)Oc1ccccc1C=N[C@@H](CS)C(=O)O. The largest absolute Gasteiger partial charge is 0.480 e. The number of hydrogen-bond donors (Lipinski definition) is 2. The summed E-state index contributed by atoms with van der Waals surface area (Å²) in [5.74, 6) is -1.05. The highest BCUT2D eigenvalue weighted by molar-refractivity contribution is 7.80. The molecule has 0 aliphatic heterocycles. The maximum Gasteiger partial charge on any atom is 0.329 e. The lowest BCUT2D eigenvalue weighted by Crippen LogP contribution is -2.19. The first-order valence-electron chi connectivity index (χ1n) is 5.19. The third-order valence-electron chi connectivity index (χ3n) is 2.02. The van der Waals surface area contributed by atoms with Crippen molar-refractivity contribution in [1.29, 1.82) is 0 Å². The zero-order valence-electron chi connectivity index (χ0n) is 9.74. The van der Waals surface area contributed by atoms with E-state index in [4.69, 9.17) is 9.84 Å². The number of para-hydroxylation sites is 1. The molecule has 0 heterocycles. The van der Waals surface area contributed by atoms with Gasteiger partial charge in [-0.1, -0.05) is 12.1 Å². The highest BCUT2D eigenvalue weighted by atomic mass is 32.1. The van der Waals surface area contributed by atoms with Crippen LogP contribution in [0.4, 0.5) is 0 Å². The van der Waals surface area contributed by atoms with Gasteiger partial charge in [0, 0.05) is 24.5 Å². The van der Waals surface area contributed by atoms with Gasteiger partial charge in [0.25, 0.3) is 0 Å². The number of carbonyl (C=O) groups is 2. The standard InChI is InChI=1S/C12H13NO4S/c1-8(14)17-11-5-3-2-4-9(11)6-13-10(7-18)12(15)16/h2-6,10,18H,7H2,1H3,(H,15,16)/t10-/m0/s1. The van der Waals surface area contributed by atoms with E-state index in [1.807, 2.05) is 0 Å². The number of carboxylic acids is 1. The zero-order valence-corrected chi connectivity index (χ0v) is 10.6. The Morgan fingerprint density at radius 1 is 1.50 bits per heavy atom. The summed E-state index contributed by atoms with van der Waals surface area (Å²) in [6.07, 6.45) is 1.37. The molecule has 0 aromatic heterocycles. The Morgan fingerprint density at radius 2 is 2.17 bits per heavy atom. The molecule has 1 atom stereocenters. The quantitative estimate of drug-likeness (QED) is 0.366. The predicted molar refractivity (Wildman–Crippen MR) is 70.6 cm³/mol. The number of nitrogens with zero attached hydrogens (tertiary/aromatic N) is 1. The van der Waals surface area contributed by atoms with Crippen molar-refractivity contribution < 1.29 is 19.4 Å². The number of esters is 1. The van der Waals surface area contributed by atoms with Crippen molar-refractivity contribution >= 4 is 30.8 Å². The lowest BCUT2D eigenvalue weighted by Gasteiger charge is -2.06. The summed E-state index contributed by atoms with van der Waals surface area (Å²) in [5.41, 5.74) is 0.542. The van der Waals surface area contributed by atoms with Crippen molar-refractivity contribution in [2.45, 2.75) is 13.0 Å². The Bertz CT molecular complexity index is 473. The molecule has 0 aliphatic rings. The molecule has 0 radical (unpaired) electrons. The first-order valence-corrected chi connectivity index (χ1v) is 5.82. The van der Waals surface area contributed by atoms with Crippen LogP contribution in [-0.2, 0) is 9.59 Å². The van der Waals surface area contributed by atoms with E-state index in [0.717, 1.165) is 0 Å². The fraction of sp³-hybridized carbons (Fsp3) is 0.250. The number of rotatable bonds is 5. The topological polar surface area (TPSA) is 76.0 Å². The highest BCUT2D eigenvalue weighted by Gasteiger charge is 2.12. The van der Waals surface area contributed by atoms with Crippen molar-refractivity contribution in [2.24, 2.45) is 4.99 Å². The molecule has 1 N–H and O–H groups in total. The van der Waals surface area contributed by atoms with Crippen LogP contribution in [0.3, 0.4) is 0 Å². The molecule has 0 bridgehead atoms. The molecular weight excluding hydrogens is 254 g/mol. The Labute approximate surface area is 110 Å². The number of aliphatic carboxylic acids is 1. The van der Waals surface area contributed by atoms with Gasteiger partial charge in [0.2, 0.25) is 0 Å². The molecule has 0 fully saturated rings. The van der Waals surface area contributed by atoms with E-state index < -0.39 is 18.0 Å². The molecule has 0 aliphatic carbocycles. The molecule has 96 valence electrons. The second-order valence-corrected chi connectivity index (χ2v) is 3.81. The average molecular weight is 267 g/mol. The van der Waals surface area contributed by atoms with Crippen LogP contribution in [0.15, 0.2) is 29.3 Å². The van der Waals surface area contributed by atoms with Crippen LogP contribution < -0.4 is 4.74 Å². The number of carbonyl (C=O) groups excluding carboxylic acids is 1. The van der Waals surface area contributed by atoms with E-state index in [0.29, 0.717) is 11.3 Å². The first kappa shape index (κ1) is 14.2. The van der Waals surface area contributed by atoms with Gasteiger partial charge in [-0.25, -0.2) is 4.79 Å². The summed E-state index contributed by atoms with van der Waals surface area (Å²) in [6.45, 7) is 1.29. The van der Waals surface area contributed by atoms with E-state index in [-0.39, 0.29) is 5.75 Å². The molecule has 0 saturated carbocycles. The van der Waals surface area contributed by atoms with Gasteiger partial charge < -0.3 is 9.84 Å². The minimum absolute atomic E-state index is 0.0988. The molecule has 0 saturated heterocycles. The zero-order chi connectivity index (χ0) is 13.5. The minimum atomic E-state index is -1.05. The maximum atomic E-state index is 10.9. The fourth-order valence-electron chi connectivity index (χ4n) is 1.19. The van der Waals surface area contributed by atoms with Crippen molar-refractivity contribution in [3.8, 4) is 5.75 Å². The average Bonchev–Trinajstić information content (AvgIpc) is 2.30. The normalized spacial score (nSPS) is 12.3. The minimum Gasteiger partial charge on any atom is -0.480 e. The summed E-state index contributed by atoms with van der Waals surface area (Å²) in [6, 6.07) is 5.82. The molecule has 0 spiro atoms. The number of hydrogen-bond acceptors (Lipinski definition) is 5. The van der Waals surface area contributed by atoms with Crippen molar-refractivity contribution in [3.05, 3.63) is 29.8 Å². The van der Waals surface area contributed by atoms with Crippen LogP contribution in [0.5, 0.6) is 5.75 Å². The van der Waals surface area contributed by atoms with E-state index in [2.05, 4.69) is 17.6 Å². The third-order valence-corrected chi connectivity index (χ3v) is 2.37. The molecule has 1 aromatic rings. The Hall–Kier alpha value is -1.82. The van der Waals surface area contributed by atoms with Gasteiger partial charge in [-0.15, -0.1) is 0 Å². The highest BCUT2D eigenvalue weighted by Crippen LogP contribution is 2.16. The summed E-state index contributed by atoms with van der Waals surface area (Å²) in [7, 11) is 0. The van der Waals surface area contributed by atoms with E-state index in [9.17, 15) is 9.59 Å². The number of ether oxygens (including phenoxy) is 1. The van der Waals surface area contributed by atoms with Gasteiger partial charge in [0.05, 0.1) is 0 Å². The summed E-state index contributed by atoms with van der Waals surface area (Å²) in [5, 5.41) is 8.82. The molecule has 6 heteroatoms. The van der Waals surface area contributed by atoms with E-state index in [1.54, 1.807) is 24.3 Å². The van der Waals surface area contributed by atoms with Crippen LogP contribution >= 0.6 is 12.6 Å². The van der Waals surface area contributed by atoms with Gasteiger partial charge in [-0.2, -0.15) is 12.6 Å². The van der Waals surface area contributed by atoms with Gasteiger partial charge in [0.15, 0.2) is 6.04 Å². The predicted octanol–water partition coefficient (Wildman–Crippen LogP) is 1.41. The van der Waals surface area contributed by atoms with Crippen LogP contribution in [0.2, 0.25) is 0 Å². The second-order valence-electron chi connectivity index (χ2n) is 3.45. The summed E-state index contributed by atoms with van der Waals surface area (Å²) >= 11 is 3.90. The molecule has 1 aromatic carbocycles. The number of thiol groups is 1. The maximum absolute atomic E-state index is 10.9. The van der Waals surface area contributed by atoms with Gasteiger partial charge in [-0.05, 0) is 12.1 Å². The summed E-state index contributed by atoms with van der Waals surface area (Å²) in [4.78, 5) is 25.5. The first-order chi connectivity index (χ1) is 8.54. The molecule has 5 nitrogen and oxygen atoms in total. The van der Waals surface area contributed by atoms with Crippen molar-refractivity contribution in [2.75, 3.05) is 5.75 Å². The van der Waals surface area contributed by atoms with Crippen molar-refractivity contribution in [3.63, 3.8) is 0 Å². The van der Waals surface area contributed by atoms with Crippen LogP contribution in [-0.4, -0.2) is 35.1 Å². The third kappa shape index (κ3) is 4.21. The smallest absolute Gasteiger partial charge is 0.329 e. The monoisotopic (exact) mass is 267 g/mol. The summed E-state index contributed by atoms with van der Waals surface area (Å²) < 4.78 is 4.98. The van der Waals surface area contributed by atoms with Crippen LogP contribution in [0.25, 0.3) is 0 Å². The molecule has 0 amide bonds. The molecule has 0 unspecified atom stereocenters. The Balaban J connectivity index is 2.92. The number of benzene rings is 1. The van der Waals surface area contributed by atoms with Crippen LogP contribution in [0, 0.1) is 0 Å². The number of carboxylic acid groups (broad SMARTS) is 1. The van der Waals surface area contributed by atoms with Crippen molar-refractivity contribution in [1.82, 2.24) is 0 Å². The lowest BCUT2D eigenvalue weighted by molar-refractivity contribution is -0.138. The van der Waals surface area contributed by atoms with Gasteiger partial charge in [0.1, 0.15) is 5.75 Å². The lowest BCUT2D eigenvalue weighted by atomic mass is 10.2. The Morgan fingerprint density at radius 3 is 2.72 bits per heavy atom. The van der Waals surface area contributed by atoms with Gasteiger partial charge in [-0.3, -0.25) is 9.79 Å².